The number of rotatable bonds is 2. The Morgan fingerprint density at radius 2 is 2.06 bits per heavy atom. The minimum Gasteiger partial charge on any atom is -0.369 e. The number of hydrogen-bond acceptors (Lipinski definition) is 2. The monoisotopic (exact) mass is 262 g/mol. The van der Waals surface area contributed by atoms with Gasteiger partial charge in [-0.2, -0.15) is 13.2 Å². The molecule has 1 unspecified atom stereocenters. The zero-order valence-corrected chi connectivity index (χ0v) is 9.67. The number of hydrogen-bond donors (Lipinski definition) is 1. The first-order chi connectivity index (χ1) is 8.41. The second kappa shape index (κ2) is 4.76. The normalized spacial score (nSPS) is 20.5. The summed E-state index contributed by atoms with van der Waals surface area (Å²) in [4.78, 5) is 1.74. The minimum atomic E-state index is -4.51. The lowest BCUT2D eigenvalue weighted by molar-refractivity contribution is -0.137. The van der Waals surface area contributed by atoms with Crippen molar-refractivity contribution in [2.75, 3.05) is 24.5 Å². The van der Waals surface area contributed by atoms with Crippen molar-refractivity contribution in [1.82, 2.24) is 0 Å². The Morgan fingerprint density at radius 3 is 2.56 bits per heavy atom. The topological polar surface area (TPSA) is 29.3 Å². The Hall–Kier alpha value is -1.30. The molecule has 0 spiro atoms. The standard InChI is InChI=1S/C12H14F4N2/c13-10-5-9(12(14,15)16)1-2-11(10)18-4-3-8(6-17)7-18/h1-2,5,8H,3-4,6-7,17H2. The number of anilines is 1. The molecule has 1 aliphatic heterocycles. The van der Waals surface area contributed by atoms with Crippen molar-refractivity contribution >= 4 is 5.69 Å². The van der Waals surface area contributed by atoms with Gasteiger partial charge in [-0.25, -0.2) is 4.39 Å². The highest BCUT2D eigenvalue weighted by molar-refractivity contribution is 5.50. The molecule has 1 saturated heterocycles. The highest BCUT2D eigenvalue weighted by Crippen LogP contribution is 2.33. The van der Waals surface area contributed by atoms with Gasteiger partial charge in [0.25, 0.3) is 0 Å². The van der Waals surface area contributed by atoms with E-state index < -0.39 is 17.6 Å². The summed E-state index contributed by atoms with van der Waals surface area (Å²) in [5, 5.41) is 0. The Morgan fingerprint density at radius 1 is 1.33 bits per heavy atom. The van der Waals surface area contributed by atoms with Gasteiger partial charge < -0.3 is 10.6 Å². The summed E-state index contributed by atoms with van der Waals surface area (Å²) in [6, 6.07) is 2.65. The molecule has 2 nitrogen and oxygen atoms in total. The van der Waals surface area contributed by atoms with E-state index in [0.29, 0.717) is 25.7 Å². The van der Waals surface area contributed by atoms with E-state index >= 15 is 0 Å². The Bertz CT molecular complexity index is 431. The Balaban J connectivity index is 2.21. The van der Waals surface area contributed by atoms with E-state index in [4.69, 9.17) is 5.73 Å². The first-order valence-electron chi connectivity index (χ1n) is 5.73. The zero-order chi connectivity index (χ0) is 13.3. The van der Waals surface area contributed by atoms with Crippen LogP contribution in [-0.4, -0.2) is 19.6 Å². The van der Waals surface area contributed by atoms with E-state index in [1.807, 2.05) is 0 Å². The lowest BCUT2D eigenvalue weighted by Crippen LogP contribution is -2.23. The molecule has 2 rings (SSSR count). The molecular weight excluding hydrogens is 248 g/mol. The van der Waals surface area contributed by atoms with Crippen LogP contribution >= 0.6 is 0 Å². The average Bonchev–Trinajstić information content (AvgIpc) is 2.76. The first-order valence-corrected chi connectivity index (χ1v) is 5.73. The van der Waals surface area contributed by atoms with Gasteiger partial charge in [-0.1, -0.05) is 0 Å². The second-order valence-corrected chi connectivity index (χ2v) is 4.50. The van der Waals surface area contributed by atoms with E-state index in [1.54, 1.807) is 4.90 Å². The maximum absolute atomic E-state index is 13.7. The molecule has 18 heavy (non-hydrogen) atoms. The van der Waals surface area contributed by atoms with E-state index in [-0.39, 0.29) is 11.6 Å². The van der Waals surface area contributed by atoms with Crippen LogP contribution in [0, 0.1) is 11.7 Å². The van der Waals surface area contributed by atoms with Crippen LogP contribution in [-0.2, 0) is 6.18 Å². The maximum Gasteiger partial charge on any atom is 0.416 e. The zero-order valence-electron chi connectivity index (χ0n) is 9.67. The van der Waals surface area contributed by atoms with Crippen LogP contribution in [0.2, 0.25) is 0 Å². The maximum atomic E-state index is 13.7. The fourth-order valence-corrected chi connectivity index (χ4v) is 2.18. The van der Waals surface area contributed by atoms with Crippen molar-refractivity contribution in [3.8, 4) is 0 Å². The van der Waals surface area contributed by atoms with Crippen LogP contribution in [0.4, 0.5) is 23.2 Å². The molecule has 1 aromatic carbocycles. The van der Waals surface area contributed by atoms with Crippen LogP contribution in [0.1, 0.15) is 12.0 Å². The molecule has 1 aliphatic rings. The molecule has 1 fully saturated rings. The summed E-state index contributed by atoms with van der Waals surface area (Å²) in [6.07, 6.45) is -3.67. The second-order valence-electron chi connectivity index (χ2n) is 4.50. The van der Waals surface area contributed by atoms with Gasteiger partial charge in [-0.05, 0) is 37.1 Å². The molecule has 0 saturated carbocycles. The van der Waals surface area contributed by atoms with Crippen molar-refractivity contribution in [3.05, 3.63) is 29.6 Å². The van der Waals surface area contributed by atoms with Crippen molar-refractivity contribution in [1.29, 1.82) is 0 Å². The van der Waals surface area contributed by atoms with Crippen LogP contribution in [0.5, 0.6) is 0 Å². The third-order valence-electron chi connectivity index (χ3n) is 3.23. The van der Waals surface area contributed by atoms with Gasteiger partial charge in [-0.15, -0.1) is 0 Å². The predicted octanol–water partition coefficient (Wildman–Crippen LogP) is 2.63. The Labute approximate surface area is 102 Å². The van der Waals surface area contributed by atoms with E-state index in [9.17, 15) is 17.6 Å². The average molecular weight is 262 g/mol. The van der Waals surface area contributed by atoms with Gasteiger partial charge in [0.05, 0.1) is 11.3 Å². The van der Waals surface area contributed by atoms with Crippen molar-refractivity contribution in [2.45, 2.75) is 12.6 Å². The van der Waals surface area contributed by atoms with E-state index in [2.05, 4.69) is 0 Å². The molecule has 0 radical (unpaired) electrons. The van der Waals surface area contributed by atoms with Crippen LogP contribution in [0.3, 0.4) is 0 Å². The number of halogens is 4. The molecule has 1 aromatic rings. The molecular formula is C12H14F4N2. The van der Waals surface area contributed by atoms with Gasteiger partial charge in [0.15, 0.2) is 0 Å². The SMILES string of the molecule is NCC1CCN(c2ccc(C(F)(F)F)cc2F)C1. The first kappa shape index (κ1) is 13.1. The van der Waals surface area contributed by atoms with Gasteiger partial charge in [0, 0.05) is 13.1 Å². The van der Waals surface area contributed by atoms with E-state index in [1.165, 1.54) is 6.07 Å². The summed E-state index contributed by atoms with van der Waals surface area (Å²) < 4.78 is 50.9. The fourth-order valence-electron chi connectivity index (χ4n) is 2.18. The summed E-state index contributed by atoms with van der Waals surface area (Å²) in [6.45, 7) is 1.74. The molecule has 0 bridgehead atoms. The number of benzene rings is 1. The molecule has 6 heteroatoms. The molecule has 2 N–H and O–H groups in total. The quantitative estimate of drug-likeness (QED) is 0.830. The highest BCUT2D eigenvalue weighted by Gasteiger charge is 2.32. The van der Waals surface area contributed by atoms with Crippen LogP contribution in [0.15, 0.2) is 18.2 Å². The molecule has 0 amide bonds. The van der Waals surface area contributed by atoms with Crippen molar-refractivity contribution < 1.29 is 17.6 Å². The summed E-state index contributed by atoms with van der Waals surface area (Å²) in [5.74, 6) is -0.547. The number of nitrogens with two attached hydrogens (primary N) is 1. The lowest BCUT2D eigenvalue weighted by Gasteiger charge is -2.20. The lowest BCUT2D eigenvalue weighted by atomic mass is 10.1. The molecule has 0 aromatic heterocycles. The van der Waals surface area contributed by atoms with Crippen LogP contribution in [0.25, 0.3) is 0 Å². The molecule has 0 aliphatic carbocycles. The number of nitrogens with zero attached hydrogens (tertiary/aromatic N) is 1. The van der Waals surface area contributed by atoms with Crippen molar-refractivity contribution in [3.63, 3.8) is 0 Å². The fraction of sp³-hybridized carbons (Fsp3) is 0.500. The third kappa shape index (κ3) is 2.58. The van der Waals surface area contributed by atoms with Gasteiger partial charge >= 0.3 is 6.18 Å². The van der Waals surface area contributed by atoms with Crippen LogP contribution < -0.4 is 10.6 Å². The number of alkyl halides is 3. The van der Waals surface area contributed by atoms with Gasteiger partial charge in [-0.3, -0.25) is 0 Å². The summed E-state index contributed by atoms with van der Waals surface area (Å²) >= 11 is 0. The van der Waals surface area contributed by atoms with Crippen molar-refractivity contribution in [2.24, 2.45) is 11.7 Å². The summed E-state index contributed by atoms with van der Waals surface area (Å²) in [5.41, 5.74) is 4.79. The largest absolute Gasteiger partial charge is 0.416 e. The summed E-state index contributed by atoms with van der Waals surface area (Å²) in [7, 11) is 0. The highest BCUT2D eigenvalue weighted by atomic mass is 19.4. The molecule has 1 heterocycles. The van der Waals surface area contributed by atoms with Gasteiger partial charge in [0.2, 0.25) is 0 Å². The smallest absolute Gasteiger partial charge is 0.369 e. The minimum absolute atomic E-state index is 0.221. The van der Waals surface area contributed by atoms with E-state index in [0.717, 1.165) is 12.5 Å². The Kier molecular flexibility index (Phi) is 3.47. The predicted molar refractivity (Wildman–Crippen MR) is 60.8 cm³/mol. The molecule has 100 valence electrons. The molecule has 1 atom stereocenters. The third-order valence-corrected chi connectivity index (χ3v) is 3.23. The van der Waals surface area contributed by atoms with Gasteiger partial charge in [0.1, 0.15) is 5.82 Å².